The van der Waals surface area contributed by atoms with Gasteiger partial charge in [-0.1, -0.05) is 0 Å². The molecule has 15 heavy (non-hydrogen) atoms. The van der Waals surface area contributed by atoms with Gasteiger partial charge in [0.05, 0.1) is 5.56 Å². The number of hydrogen-bond acceptors (Lipinski definition) is 3. The number of aromatic nitrogens is 1. The number of pyridine rings is 1. The molecule has 0 saturated carbocycles. The third-order valence-electron chi connectivity index (χ3n) is 2.27. The normalized spacial score (nSPS) is 12.3. The van der Waals surface area contributed by atoms with Crippen molar-refractivity contribution in [3.63, 3.8) is 0 Å². The van der Waals surface area contributed by atoms with E-state index in [4.69, 9.17) is 5.73 Å². The van der Waals surface area contributed by atoms with Gasteiger partial charge in [-0.2, -0.15) is 0 Å². The third kappa shape index (κ3) is 3.00. The summed E-state index contributed by atoms with van der Waals surface area (Å²) in [6.45, 7) is 2.35. The van der Waals surface area contributed by atoms with Crippen LogP contribution in [0.3, 0.4) is 0 Å². The van der Waals surface area contributed by atoms with E-state index in [1.165, 1.54) is 0 Å². The summed E-state index contributed by atoms with van der Waals surface area (Å²) in [4.78, 5) is 17.5. The van der Waals surface area contributed by atoms with Gasteiger partial charge in [0, 0.05) is 36.5 Å². The number of halogens is 1. The van der Waals surface area contributed by atoms with Gasteiger partial charge in [-0.05, 0) is 28.9 Å². The molecule has 0 aliphatic heterocycles. The molecule has 1 aromatic heterocycles. The minimum atomic E-state index is -0.0678. The number of carbonyl (C=O) groups excluding carboxylic acids is 1. The molecule has 1 atom stereocenters. The van der Waals surface area contributed by atoms with Crippen LogP contribution in [-0.4, -0.2) is 35.4 Å². The Morgan fingerprint density at radius 2 is 2.33 bits per heavy atom. The number of rotatable bonds is 3. The van der Waals surface area contributed by atoms with E-state index < -0.39 is 0 Å². The zero-order chi connectivity index (χ0) is 11.4. The molecule has 5 heteroatoms. The van der Waals surface area contributed by atoms with Gasteiger partial charge in [0.1, 0.15) is 0 Å². The lowest BCUT2D eigenvalue weighted by Crippen LogP contribution is -2.39. The van der Waals surface area contributed by atoms with E-state index in [0.717, 1.165) is 4.47 Å². The fourth-order valence-electron chi connectivity index (χ4n) is 1.09. The zero-order valence-corrected chi connectivity index (χ0v) is 10.4. The highest BCUT2D eigenvalue weighted by atomic mass is 79.9. The monoisotopic (exact) mass is 271 g/mol. The Balaban J connectivity index is 2.85. The Hall–Kier alpha value is -0.940. The molecular weight excluding hydrogens is 258 g/mol. The van der Waals surface area contributed by atoms with E-state index in [1.54, 1.807) is 30.4 Å². The number of hydrogen-bond donors (Lipinski definition) is 1. The maximum absolute atomic E-state index is 11.9. The Morgan fingerprint density at radius 3 is 2.87 bits per heavy atom. The fraction of sp³-hybridized carbons (Fsp3) is 0.400. The third-order valence-corrected chi connectivity index (χ3v) is 2.71. The van der Waals surface area contributed by atoms with Crippen molar-refractivity contribution in [2.45, 2.75) is 13.0 Å². The van der Waals surface area contributed by atoms with Gasteiger partial charge in [-0.3, -0.25) is 9.78 Å². The van der Waals surface area contributed by atoms with Crippen molar-refractivity contribution in [3.05, 3.63) is 28.5 Å². The zero-order valence-electron chi connectivity index (χ0n) is 8.77. The highest BCUT2D eigenvalue weighted by Crippen LogP contribution is 2.12. The minimum absolute atomic E-state index is 0.0245. The second-order valence-electron chi connectivity index (χ2n) is 3.39. The molecule has 0 radical (unpaired) electrons. The van der Waals surface area contributed by atoms with Crippen LogP contribution in [-0.2, 0) is 0 Å². The van der Waals surface area contributed by atoms with Gasteiger partial charge in [0.25, 0.3) is 5.91 Å². The van der Waals surface area contributed by atoms with E-state index in [0.29, 0.717) is 12.1 Å². The van der Waals surface area contributed by atoms with Crippen molar-refractivity contribution in [1.82, 2.24) is 9.88 Å². The molecule has 0 aliphatic rings. The van der Waals surface area contributed by atoms with Crippen molar-refractivity contribution < 1.29 is 4.79 Å². The second-order valence-corrected chi connectivity index (χ2v) is 4.31. The average Bonchev–Trinajstić information content (AvgIpc) is 2.26. The number of likely N-dealkylation sites (N-methyl/N-ethyl adjacent to an activating group) is 1. The molecule has 82 valence electrons. The van der Waals surface area contributed by atoms with Crippen LogP contribution in [0.5, 0.6) is 0 Å². The SMILES string of the molecule is CC(CN)N(C)C(=O)c1cncc(Br)c1. The summed E-state index contributed by atoms with van der Waals surface area (Å²) < 4.78 is 0.794. The number of nitrogens with two attached hydrogens (primary N) is 1. The summed E-state index contributed by atoms with van der Waals surface area (Å²) in [5.41, 5.74) is 6.06. The molecule has 1 aromatic rings. The average molecular weight is 272 g/mol. The highest BCUT2D eigenvalue weighted by molar-refractivity contribution is 9.10. The topological polar surface area (TPSA) is 59.2 Å². The van der Waals surface area contributed by atoms with Gasteiger partial charge < -0.3 is 10.6 Å². The van der Waals surface area contributed by atoms with Crippen LogP contribution in [0, 0.1) is 0 Å². The summed E-state index contributed by atoms with van der Waals surface area (Å²) in [6, 6.07) is 1.77. The molecule has 2 N–H and O–H groups in total. The van der Waals surface area contributed by atoms with Gasteiger partial charge in [-0.25, -0.2) is 0 Å². The van der Waals surface area contributed by atoms with E-state index in [2.05, 4.69) is 20.9 Å². The van der Waals surface area contributed by atoms with Crippen LogP contribution in [0.25, 0.3) is 0 Å². The van der Waals surface area contributed by atoms with Crippen molar-refractivity contribution >= 4 is 21.8 Å². The highest BCUT2D eigenvalue weighted by Gasteiger charge is 2.16. The first-order valence-electron chi connectivity index (χ1n) is 4.64. The van der Waals surface area contributed by atoms with Crippen molar-refractivity contribution in [2.75, 3.05) is 13.6 Å². The largest absolute Gasteiger partial charge is 0.338 e. The Bertz CT molecular complexity index is 356. The lowest BCUT2D eigenvalue weighted by atomic mass is 10.2. The summed E-state index contributed by atoms with van der Waals surface area (Å²) in [5, 5.41) is 0. The van der Waals surface area contributed by atoms with Crippen LogP contribution in [0.4, 0.5) is 0 Å². The van der Waals surface area contributed by atoms with Crippen molar-refractivity contribution in [3.8, 4) is 0 Å². The summed E-state index contributed by atoms with van der Waals surface area (Å²) in [6.07, 6.45) is 3.19. The van der Waals surface area contributed by atoms with Crippen LogP contribution in [0.15, 0.2) is 22.9 Å². The number of amides is 1. The lowest BCUT2D eigenvalue weighted by Gasteiger charge is -2.23. The first-order valence-corrected chi connectivity index (χ1v) is 5.43. The fourth-order valence-corrected chi connectivity index (χ4v) is 1.46. The smallest absolute Gasteiger partial charge is 0.255 e. The number of nitrogens with zero attached hydrogens (tertiary/aromatic N) is 2. The van der Waals surface area contributed by atoms with Crippen LogP contribution >= 0.6 is 15.9 Å². The minimum Gasteiger partial charge on any atom is -0.338 e. The number of carbonyl (C=O) groups is 1. The van der Waals surface area contributed by atoms with Gasteiger partial charge >= 0.3 is 0 Å². The molecule has 0 aliphatic carbocycles. The molecule has 0 fully saturated rings. The summed E-state index contributed by atoms with van der Waals surface area (Å²) in [7, 11) is 1.74. The van der Waals surface area contributed by atoms with Gasteiger partial charge in [0.2, 0.25) is 0 Å². The molecule has 4 nitrogen and oxygen atoms in total. The van der Waals surface area contributed by atoms with Crippen LogP contribution in [0.2, 0.25) is 0 Å². The summed E-state index contributed by atoms with van der Waals surface area (Å²) >= 11 is 3.28. The molecule has 1 heterocycles. The second kappa shape index (κ2) is 5.23. The standard InChI is InChI=1S/C10H14BrN3O/c1-7(4-12)14(2)10(15)8-3-9(11)6-13-5-8/h3,5-7H,4,12H2,1-2H3. The van der Waals surface area contributed by atoms with Crippen LogP contribution < -0.4 is 5.73 Å². The lowest BCUT2D eigenvalue weighted by molar-refractivity contribution is 0.0748. The molecule has 0 aromatic carbocycles. The molecule has 1 amide bonds. The summed E-state index contributed by atoms with van der Waals surface area (Å²) in [5.74, 6) is -0.0678. The van der Waals surface area contributed by atoms with E-state index in [-0.39, 0.29) is 11.9 Å². The van der Waals surface area contributed by atoms with E-state index in [9.17, 15) is 4.79 Å². The molecule has 0 spiro atoms. The molecule has 1 unspecified atom stereocenters. The van der Waals surface area contributed by atoms with Gasteiger partial charge in [-0.15, -0.1) is 0 Å². The predicted molar refractivity (Wildman–Crippen MR) is 62.5 cm³/mol. The van der Waals surface area contributed by atoms with E-state index in [1.807, 2.05) is 6.92 Å². The molecule has 0 saturated heterocycles. The van der Waals surface area contributed by atoms with Crippen molar-refractivity contribution in [2.24, 2.45) is 5.73 Å². The van der Waals surface area contributed by atoms with Gasteiger partial charge in [0.15, 0.2) is 0 Å². The predicted octanol–water partition coefficient (Wildman–Crippen LogP) is 1.26. The Kier molecular flexibility index (Phi) is 4.23. The molecule has 0 bridgehead atoms. The van der Waals surface area contributed by atoms with E-state index >= 15 is 0 Å². The Morgan fingerprint density at radius 1 is 1.67 bits per heavy atom. The van der Waals surface area contributed by atoms with Crippen LogP contribution in [0.1, 0.15) is 17.3 Å². The first kappa shape index (κ1) is 12.1. The molecule has 1 rings (SSSR count). The maximum atomic E-state index is 11.9. The van der Waals surface area contributed by atoms with Crippen molar-refractivity contribution in [1.29, 1.82) is 0 Å². The quantitative estimate of drug-likeness (QED) is 0.901. The Labute approximate surface area is 97.6 Å². The maximum Gasteiger partial charge on any atom is 0.255 e. The molecular formula is C10H14BrN3O. The first-order chi connectivity index (χ1) is 7.06.